The van der Waals surface area contributed by atoms with Gasteiger partial charge in [0.1, 0.15) is 11.3 Å². The number of imidazole rings is 1. The van der Waals surface area contributed by atoms with Gasteiger partial charge in [-0.25, -0.2) is 4.98 Å². The summed E-state index contributed by atoms with van der Waals surface area (Å²) in [5.74, 6) is 0.413. The summed E-state index contributed by atoms with van der Waals surface area (Å²) in [6, 6.07) is 5.83. The van der Waals surface area contributed by atoms with Crippen molar-refractivity contribution in [2.24, 2.45) is 13.0 Å². The molecule has 1 amide bonds. The minimum atomic E-state index is -0.196. The Morgan fingerprint density at radius 2 is 2.27 bits per heavy atom. The van der Waals surface area contributed by atoms with E-state index in [-0.39, 0.29) is 11.5 Å². The predicted molar refractivity (Wildman–Crippen MR) is 94.4 cm³/mol. The first-order valence-corrected chi connectivity index (χ1v) is 9.05. The number of rotatable bonds is 6. The molecule has 2 aromatic heterocycles. The van der Waals surface area contributed by atoms with Gasteiger partial charge in [0.25, 0.3) is 5.91 Å². The predicted octanol–water partition coefficient (Wildman–Crippen LogP) is 1.65. The van der Waals surface area contributed by atoms with E-state index in [1.165, 1.54) is 0 Å². The fourth-order valence-electron chi connectivity index (χ4n) is 3.86. The summed E-state index contributed by atoms with van der Waals surface area (Å²) in [7, 11) is 1.86. The minimum absolute atomic E-state index is 0.0168. The van der Waals surface area contributed by atoms with Crippen LogP contribution in [0, 0.1) is 5.92 Å². The fraction of sp³-hybridized carbons (Fsp3) is 0.526. The van der Waals surface area contributed by atoms with Crippen LogP contribution in [-0.4, -0.2) is 57.2 Å². The largest absolute Gasteiger partial charge is 0.375 e. The van der Waals surface area contributed by atoms with Crippen LogP contribution < -0.4 is 0 Å². The van der Waals surface area contributed by atoms with Crippen LogP contribution in [0.1, 0.15) is 29.0 Å². The molecule has 0 N–H and O–H groups in total. The molecule has 1 unspecified atom stereocenters. The molecule has 138 valence electrons. The van der Waals surface area contributed by atoms with Gasteiger partial charge >= 0.3 is 0 Å². The third kappa shape index (κ3) is 3.37. The monoisotopic (exact) mass is 356 g/mol. The molecule has 0 aromatic carbocycles. The number of carbonyl (C=O) groups is 1. The quantitative estimate of drug-likeness (QED) is 0.736. The molecule has 0 bridgehead atoms. The molecule has 1 atom stereocenters. The smallest absolute Gasteiger partial charge is 0.274 e. The highest BCUT2D eigenvalue weighted by Crippen LogP contribution is 2.42. The van der Waals surface area contributed by atoms with Gasteiger partial charge in [-0.1, -0.05) is 6.07 Å². The van der Waals surface area contributed by atoms with E-state index in [4.69, 9.17) is 9.47 Å². The fourth-order valence-corrected chi connectivity index (χ4v) is 3.86. The van der Waals surface area contributed by atoms with Gasteiger partial charge < -0.3 is 18.9 Å². The van der Waals surface area contributed by atoms with E-state index in [9.17, 15) is 4.79 Å². The molecule has 7 nitrogen and oxygen atoms in total. The molecule has 2 aromatic rings. The molecule has 2 aliphatic rings. The maximum absolute atomic E-state index is 12.5. The van der Waals surface area contributed by atoms with Gasteiger partial charge in [-0.15, -0.1) is 0 Å². The summed E-state index contributed by atoms with van der Waals surface area (Å²) in [6.45, 7) is 3.27. The van der Waals surface area contributed by atoms with Crippen molar-refractivity contribution in [3.8, 4) is 0 Å². The first kappa shape index (κ1) is 17.2. The van der Waals surface area contributed by atoms with Crippen LogP contribution in [0.25, 0.3) is 0 Å². The Morgan fingerprint density at radius 3 is 3.00 bits per heavy atom. The summed E-state index contributed by atoms with van der Waals surface area (Å²) in [6.07, 6.45) is 7.15. The number of pyridine rings is 1. The Bertz CT molecular complexity index is 755. The van der Waals surface area contributed by atoms with E-state index in [0.717, 1.165) is 25.1 Å². The number of amides is 1. The zero-order chi connectivity index (χ0) is 18.0. The van der Waals surface area contributed by atoms with E-state index >= 15 is 0 Å². The summed E-state index contributed by atoms with van der Waals surface area (Å²) >= 11 is 0. The topological polar surface area (TPSA) is 69.5 Å². The molecular formula is C19H24N4O3. The lowest BCUT2D eigenvalue weighted by Crippen LogP contribution is -2.66. The zero-order valence-corrected chi connectivity index (χ0v) is 15.0. The average Bonchev–Trinajstić information content (AvgIpc) is 3.24. The second-order valence-electron chi connectivity index (χ2n) is 7.15. The van der Waals surface area contributed by atoms with Crippen LogP contribution in [0.3, 0.4) is 0 Å². The van der Waals surface area contributed by atoms with Crippen molar-refractivity contribution in [2.75, 3.05) is 26.3 Å². The SMILES string of the molecule is Cn1cnc(C(=O)N2CC3(C2)OCCC3CCOCc2ccccn2)c1. The van der Waals surface area contributed by atoms with Gasteiger partial charge in [0.2, 0.25) is 0 Å². The molecule has 7 heteroatoms. The molecule has 0 saturated carbocycles. The number of carbonyl (C=O) groups excluding carboxylic acids is 1. The maximum atomic E-state index is 12.5. The van der Waals surface area contributed by atoms with Gasteiger partial charge in [0, 0.05) is 32.7 Å². The van der Waals surface area contributed by atoms with Gasteiger partial charge in [0.15, 0.2) is 0 Å². The molecule has 26 heavy (non-hydrogen) atoms. The van der Waals surface area contributed by atoms with Crippen LogP contribution in [0.4, 0.5) is 0 Å². The highest BCUT2D eigenvalue weighted by molar-refractivity contribution is 5.92. The number of hydrogen-bond donors (Lipinski definition) is 0. The second kappa shape index (κ2) is 7.17. The van der Waals surface area contributed by atoms with Crippen molar-refractivity contribution in [2.45, 2.75) is 25.0 Å². The number of hydrogen-bond acceptors (Lipinski definition) is 5. The number of aromatic nitrogens is 3. The number of ether oxygens (including phenoxy) is 2. The molecule has 0 radical (unpaired) electrons. The second-order valence-corrected chi connectivity index (χ2v) is 7.15. The Balaban J connectivity index is 1.26. The molecule has 0 aliphatic carbocycles. The standard InChI is InChI=1S/C19H24N4O3/c1-22-10-17(21-14-22)18(24)23-12-19(13-23)15(6-9-26-19)5-8-25-11-16-4-2-3-7-20-16/h2-4,7,10,14-15H,5-6,8-9,11-13H2,1H3. The summed E-state index contributed by atoms with van der Waals surface area (Å²) in [5, 5.41) is 0. The average molecular weight is 356 g/mol. The number of aryl methyl sites for hydroxylation is 1. The van der Waals surface area contributed by atoms with Gasteiger partial charge in [-0.2, -0.15) is 0 Å². The lowest BCUT2D eigenvalue weighted by Gasteiger charge is -2.50. The highest BCUT2D eigenvalue weighted by Gasteiger charge is 2.54. The van der Waals surface area contributed by atoms with Gasteiger partial charge in [-0.3, -0.25) is 9.78 Å². The maximum Gasteiger partial charge on any atom is 0.274 e. The van der Waals surface area contributed by atoms with Crippen molar-refractivity contribution in [1.82, 2.24) is 19.4 Å². The van der Waals surface area contributed by atoms with Crippen LogP contribution in [0.15, 0.2) is 36.9 Å². The van der Waals surface area contributed by atoms with Crippen molar-refractivity contribution < 1.29 is 14.3 Å². The van der Waals surface area contributed by atoms with E-state index in [1.807, 2.05) is 30.1 Å². The molecule has 1 spiro atoms. The first-order valence-electron chi connectivity index (χ1n) is 9.05. The van der Waals surface area contributed by atoms with Crippen LogP contribution >= 0.6 is 0 Å². The number of likely N-dealkylation sites (tertiary alicyclic amines) is 1. The Morgan fingerprint density at radius 1 is 1.38 bits per heavy atom. The van der Waals surface area contributed by atoms with Crippen molar-refractivity contribution >= 4 is 5.91 Å². The van der Waals surface area contributed by atoms with E-state index in [2.05, 4.69) is 9.97 Å². The van der Waals surface area contributed by atoms with Crippen molar-refractivity contribution in [1.29, 1.82) is 0 Å². The lowest BCUT2D eigenvalue weighted by molar-refractivity contribution is -0.120. The highest BCUT2D eigenvalue weighted by atomic mass is 16.5. The Labute approximate surface area is 152 Å². The summed E-state index contributed by atoms with van der Waals surface area (Å²) in [5.41, 5.74) is 1.25. The zero-order valence-electron chi connectivity index (χ0n) is 15.0. The first-order chi connectivity index (χ1) is 12.7. The van der Waals surface area contributed by atoms with E-state index in [0.29, 0.717) is 37.9 Å². The number of nitrogens with zero attached hydrogens (tertiary/aromatic N) is 4. The molecule has 4 rings (SSSR count). The van der Waals surface area contributed by atoms with Crippen LogP contribution in [0.2, 0.25) is 0 Å². The summed E-state index contributed by atoms with van der Waals surface area (Å²) in [4.78, 5) is 22.7. The third-order valence-electron chi connectivity index (χ3n) is 5.31. The van der Waals surface area contributed by atoms with Gasteiger partial charge in [0.05, 0.1) is 31.7 Å². The molecule has 2 fully saturated rings. The van der Waals surface area contributed by atoms with Crippen LogP contribution in [0.5, 0.6) is 0 Å². The van der Waals surface area contributed by atoms with Crippen molar-refractivity contribution in [3.63, 3.8) is 0 Å². The molecular weight excluding hydrogens is 332 g/mol. The van der Waals surface area contributed by atoms with E-state index in [1.54, 1.807) is 23.3 Å². The van der Waals surface area contributed by atoms with Crippen LogP contribution in [-0.2, 0) is 23.1 Å². The Kier molecular flexibility index (Phi) is 4.74. The van der Waals surface area contributed by atoms with Crippen molar-refractivity contribution in [3.05, 3.63) is 48.3 Å². The lowest BCUT2D eigenvalue weighted by atomic mass is 9.79. The Hall–Kier alpha value is -2.25. The third-order valence-corrected chi connectivity index (χ3v) is 5.31. The normalized spacial score (nSPS) is 21.1. The summed E-state index contributed by atoms with van der Waals surface area (Å²) < 4.78 is 13.6. The minimum Gasteiger partial charge on any atom is -0.375 e. The molecule has 2 saturated heterocycles. The van der Waals surface area contributed by atoms with E-state index < -0.39 is 0 Å². The molecule has 4 heterocycles. The van der Waals surface area contributed by atoms with Gasteiger partial charge in [-0.05, 0) is 30.9 Å². The molecule has 2 aliphatic heterocycles.